The normalized spacial score (nSPS) is 21.8. The molecule has 0 saturated heterocycles. The smallest absolute Gasteiger partial charge is 0.235 e. The predicted octanol–water partition coefficient (Wildman–Crippen LogP) is 2.73. The van der Waals surface area contributed by atoms with E-state index in [4.69, 9.17) is 0 Å². The summed E-state index contributed by atoms with van der Waals surface area (Å²) in [5.74, 6) is -0.225. The molecule has 0 heterocycles. The van der Waals surface area contributed by atoms with E-state index >= 15 is 0 Å². The fourth-order valence-electron chi connectivity index (χ4n) is 3.19. The fourth-order valence-corrected chi connectivity index (χ4v) is 4.40. The van der Waals surface area contributed by atoms with Gasteiger partial charge in [0.25, 0.3) is 0 Å². The first-order valence-electron chi connectivity index (χ1n) is 8.50. The number of sulfone groups is 1. The van der Waals surface area contributed by atoms with Gasteiger partial charge in [-0.05, 0) is 37.2 Å². The topological polar surface area (TPSA) is 63.2 Å². The van der Waals surface area contributed by atoms with Crippen molar-refractivity contribution >= 4 is 15.7 Å². The van der Waals surface area contributed by atoms with Gasteiger partial charge >= 0.3 is 0 Å². The lowest BCUT2D eigenvalue weighted by Crippen LogP contribution is -2.43. The highest BCUT2D eigenvalue weighted by molar-refractivity contribution is 7.92. The molecule has 5 heteroatoms. The third kappa shape index (κ3) is 6.34. The van der Waals surface area contributed by atoms with Crippen LogP contribution in [-0.4, -0.2) is 31.9 Å². The van der Waals surface area contributed by atoms with Crippen LogP contribution in [-0.2, 0) is 21.1 Å². The first-order chi connectivity index (χ1) is 11.0. The van der Waals surface area contributed by atoms with E-state index in [-0.39, 0.29) is 23.5 Å². The zero-order chi connectivity index (χ0) is 16.7. The third-order valence-electron chi connectivity index (χ3n) is 4.57. The van der Waals surface area contributed by atoms with Gasteiger partial charge in [0, 0.05) is 6.04 Å². The second-order valence-corrected chi connectivity index (χ2v) is 8.80. The van der Waals surface area contributed by atoms with Crippen LogP contribution < -0.4 is 5.32 Å². The van der Waals surface area contributed by atoms with E-state index in [1.54, 1.807) is 0 Å². The van der Waals surface area contributed by atoms with Crippen molar-refractivity contribution in [2.45, 2.75) is 51.5 Å². The molecule has 2 unspecified atom stereocenters. The molecule has 0 bridgehead atoms. The van der Waals surface area contributed by atoms with Gasteiger partial charge in [0.05, 0.1) is 5.75 Å². The van der Waals surface area contributed by atoms with E-state index in [0.29, 0.717) is 12.3 Å². The van der Waals surface area contributed by atoms with E-state index in [1.807, 2.05) is 30.3 Å². The van der Waals surface area contributed by atoms with Crippen LogP contribution in [0.1, 0.15) is 44.6 Å². The molecule has 2 atom stereocenters. The molecule has 1 aliphatic carbocycles. The van der Waals surface area contributed by atoms with Crippen LogP contribution in [0.15, 0.2) is 30.3 Å². The zero-order valence-corrected chi connectivity index (χ0v) is 14.6. The van der Waals surface area contributed by atoms with Crippen molar-refractivity contribution in [1.29, 1.82) is 0 Å². The van der Waals surface area contributed by atoms with Crippen molar-refractivity contribution in [3.05, 3.63) is 35.9 Å². The van der Waals surface area contributed by atoms with E-state index in [1.165, 1.54) is 6.42 Å². The van der Waals surface area contributed by atoms with Crippen molar-refractivity contribution < 1.29 is 13.2 Å². The summed E-state index contributed by atoms with van der Waals surface area (Å²) < 4.78 is 24.2. The van der Waals surface area contributed by atoms with Crippen LogP contribution in [0.5, 0.6) is 0 Å². The molecule has 1 fully saturated rings. The van der Waals surface area contributed by atoms with Crippen LogP contribution >= 0.6 is 0 Å². The quantitative estimate of drug-likeness (QED) is 0.832. The Morgan fingerprint density at radius 1 is 1.17 bits per heavy atom. The summed E-state index contributed by atoms with van der Waals surface area (Å²) in [6, 6.07) is 9.95. The molecule has 1 N–H and O–H groups in total. The maximum atomic E-state index is 12.1. The molecule has 0 spiro atoms. The Morgan fingerprint density at radius 3 is 2.57 bits per heavy atom. The minimum atomic E-state index is -3.33. The highest BCUT2D eigenvalue weighted by atomic mass is 32.2. The number of hydrogen-bond acceptors (Lipinski definition) is 3. The summed E-state index contributed by atoms with van der Waals surface area (Å²) in [6.45, 7) is 2.12. The van der Waals surface area contributed by atoms with Crippen LogP contribution in [0.2, 0.25) is 0 Å². The van der Waals surface area contributed by atoms with Crippen LogP contribution in [0, 0.1) is 5.92 Å². The van der Waals surface area contributed by atoms with Crippen LogP contribution in [0.25, 0.3) is 0 Å². The highest BCUT2D eigenvalue weighted by Gasteiger charge is 2.24. The van der Waals surface area contributed by atoms with Gasteiger partial charge in [0.2, 0.25) is 5.91 Å². The largest absolute Gasteiger partial charge is 0.352 e. The fraction of sp³-hybridized carbons (Fsp3) is 0.611. The highest BCUT2D eigenvalue weighted by Crippen LogP contribution is 2.23. The number of rotatable bonds is 7. The monoisotopic (exact) mass is 337 g/mol. The summed E-state index contributed by atoms with van der Waals surface area (Å²) in [4.78, 5) is 12.0. The number of carbonyl (C=O) groups is 1. The maximum absolute atomic E-state index is 12.1. The maximum Gasteiger partial charge on any atom is 0.235 e. The zero-order valence-electron chi connectivity index (χ0n) is 13.8. The number of carbonyl (C=O) groups excluding carboxylic acids is 1. The molecule has 128 valence electrons. The number of benzene rings is 1. The SMILES string of the molecule is CC1CCCCC1NC(=O)CS(=O)(=O)CCCc1ccccc1. The molecule has 1 saturated carbocycles. The minimum absolute atomic E-state index is 0.0650. The van der Waals surface area contributed by atoms with Crippen molar-refractivity contribution in [3.8, 4) is 0 Å². The van der Waals surface area contributed by atoms with Crippen molar-refractivity contribution in [2.75, 3.05) is 11.5 Å². The van der Waals surface area contributed by atoms with Crippen LogP contribution in [0.4, 0.5) is 0 Å². The van der Waals surface area contributed by atoms with E-state index in [9.17, 15) is 13.2 Å². The Morgan fingerprint density at radius 2 is 1.87 bits per heavy atom. The number of nitrogens with one attached hydrogen (secondary N) is 1. The number of aryl methyl sites for hydroxylation is 1. The predicted molar refractivity (Wildman–Crippen MR) is 93.0 cm³/mol. The summed E-state index contributed by atoms with van der Waals surface area (Å²) >= 11 is 0. The first kappa shape index (κ1) is 18.0. The number of amides is 1. The molecule has 2 rings (SSSR count). The van der Waals surface area contributed by atoms with Gasteiger partial charge in [0.15, 0.2) is 9.84 Å². The number of hydrogen-bond donors (Lipinski definition) is 1. The van der Waals surface area contributed by atoms with Gasteiger partial charge in [-0.2, -0.15) is 0 Å². The molecule has 0 aromatic heterocycles. The molecular formula is C18H27NO3S. The molecule has 1 aromatic rings. The van der Waals surface area contributed by atoms with Gasteiger partial charge in [0.1, 0.15) is 5.75 Å². The molecule has 0 aliphatic heterocycles. The second-order valence-electron chi connectivity index (χ2n) is 6.62. The van der Waals surface area contributed by atoms with Gasteiger partial charge in [-0.25, -0.2) is 8.42 Å². The van der Waals surface area contributed by atoms with Gasteiger partial charge in [-0.15, -0.1) is 0 Å². The molecule has 1 amide bonds. The first-order valence-corrected chi connectivity index (χ1v) is 10.3. The Labute approximate surface area is 139 Å². The van der Waals surface area contributed by atoms with E-state index < -0.39 is 9.84 Å². The second kappa shape index (κ2) is 8.48. The Balaban J connectivity index is 1.75. The van der Waals surface area contributed by atoms with Gasteiger partial charge in [-0.3, -0.25) is 4.79 Å². The molecule has 23 heavy (non-hydrogen) atoms. The average molecular weight is 337 g/mol. The lowest BCUT2D eigenvalue weighted by molar-refractivity contribution is -0.119. The van der Waals surface area contributed by atoms with E-state index in [0.717, 1.165) is 31.2 Å². The molecule has 4 nitrogen and oxygen atoms in total. The lowest BCUT2D eigenvalue weighted by atomic mass is 9.86. The summed E-state index contributed by atoms with van der Waals surface area (Å²) in [6.07, 6.45) is 5.65. The Kier molecular flexibility index (Phi) is 6.63. The van der Waals surface area contributed by atoms with Gasteiger partial charge < -0.3 is 5.32 Å². The summed E-state index contributed by atoms with van der Waals surface area (Å²) in [5, 5.41) is 2.91. The van der Waals surface area contributed by atoms with Crippen molar-refractivity contribution in [3.63, 3.8) is 0 Å². The Bertz CT molecular complexity index is 598. The standard InChI is InChI=1S/C18H27NO3S/c1-15-8-5-6-12-17(15)19-18(20)14-23(21,22)13-7-11-16-9-3-2-4-10-16/h2-4,9-10,15,17H,5-8,11-14H2,1H3,(H,19,20). The summed E-state index contributed by atoms with van der Waals surface area (Å²) in [7, 11) is -3.33. The average Bonchev–Trinajstić information content (AvgIpc) is 2.50. The molecular weight excluding hydrogens is 310 g/mol. The minimum Gasteiger partial charge on any atom is -0.352 e. The van der Waals surface area contributed by atoms with E-state index in [2.05, 4.69) is 12.2 Å². The van der Waals surface area contributed by atoms with Crippen LogP contribution in [0.3, 0.4) is 0 Å². The lowest BCUT2D eigenvalue weighted by Gasteiger charge is -2.29. The molecule has 1 aromatic carbocycles. The van der Waals surface area contributed by atoms with Crippen molar-refractivity contribution in [2.24, 2.45) is 5.92 Å². The van der Waals surface area contributed by atoms with Crippen molar-refractivity contribution in [1.82, 2.24) is 5.32 Å². The summed E-state index contributed by atoms with van der Waals surface area (Å²) in [5.41, 5.74) is 1.13. The van der Waals surface area contributed by atoms with Gasteiger partial charge in [-0.1, -0.05) is 50.1 Å². The third-order valence-corrected chi connectivity index (χ3v) is 6.19. The Hall–Kier alpha value is -1.36. The molecule has 1 aliphatic rings. The molecule has 0 radical (unpaired) electrons.